The maximum absolute atomic E-state index is 13.6. The van der Waals surface area contributed by atoms with E-state index >= 15 is 0 Å². The Morgan fingerprint density at radius 3 is 2.08 bits per heavy atom. The Hall–Kier alpha value is -2.20. The van der Waals surface area contributed by atoms with Crippen molar-refractivity contribution in [2.45, 2.75) is 120 Å². The molecule has 2 aromatic carbocycles. The van der Waals surface area contributed by atoms with Gasteiger partial charge in [-0.3, -0.25) is 4.79 Å². The third-order valence-corrected chi connectivity index (χ3v) is 6.76. The minimum Gasteiger partial charge on any atom is -0.378 e. The lowest BCUT2D eigenvalue weighted by Gasteiger charge is -2.20. The van der Waals surface area contributed by atoms with Crippen molar-refractivity contribution >= 4 is 11.5 Å². The van der Waals surface area contributed by atoms with Gasteiger partial charge in [0.2, 0.25) is 0 Å². The number of anilines is 1. The Balaban J connectivity index is 0.000000537. The van der Waals surface area contributed by atoms with Crippen LogP contribution in [-0.2, 0) is 11.2 Å². The molecule has 0 N–H and O–H groups in total. The number of Topliss-reactive ketones (excluding diaryl/α,β-unsaturated/α-hetero) is 1. The molecule has 2 saturated heterocycles. The largest absolute Gasteiger partial charge is 0.378 e. The molecular formula is C35H58FNO2. The Morgan fingerprint density at radius 2 is 1.62 bits per heavy atom. The third kappa shape index (κ3) is 14.1. The zero-order valence-electron chi connectivity index (χ0n) is 26.8. The molecule has 2 aliphatic heterocycles. The van der Waals surface area contributed by atoms with E-state index in [1.807, 2.05) is 58.9 Å². The van der Waals surface area contributed by atoms with Gasteiger partial charge in [0.05, 0.1) is 11.8 Å². The Morgan fingerprint density at radius 1 is 0.974 bits per heavy atom. The predicted molar refractivity (Wildman–Crippen MR) is 169 cm³/mol. The second-order valence-electron chi connectivity index (χ2n) is 10.2. The average molecular weight is 544 g/mol. The van der Waals surface area contributed by atoms with Gasteiger partial charge in [0.25, 0.3) is 0 Å². The van der Waals surface area contributed by atoms with Crippen LogP contribution in [0.3, 0.4) is 0 Å². The molecule has 2 aromatic rings. The maximum Gasteiger partial charge on any atom is 0.160 e. The van der Waals surface area contributed by atoms with E-state index in [1.54, 1.807) is 13.0 Å². The summed E-state index contributed by atoms with van der Waals surface area (Å²) in [6.07, 6.45) is 8.97. The number of rotatable bonds is 5. The van der Waals surface area contributed by atoms with Gasteiger partial charge in [-0.2, -0.15) is 0 Å². The molecule has 3 nitrogen and oxygen atoms in total. The highest BCUT2D eigenvalue weighted by Crippen LogP contribution is 2.26. The van der Waals surface area contributed by atoms with Crippen molar-refractivity contribution in [1.29, 1.82) is 0 Å². The fraction of sp³-hybridized carbons (Fsp3) is 0.629. The van der Waals surface area contributed by atoms with Crippen LogP contribution in [0.2, 0.25) is 0 Å². The summed E-state index contributed by atoms with van der Waals surface area (Å²) < 4.78 is 19.0. The summed E-state index contributed by atoms with van der Waals surface area (Å²) in [6.45, 7) is 23.1. The summed E-state index contributed by atoms with van der Waals surface area (Å²) in [4.78, 5) is 13.4. The number of carbonyl (C=O) groups excluding carboxylic acids is 1. The highest BCUT2D eigenvalue weighted by atomic mass is 19.1. The molecule has 0 aromatic heterocycles. The minimum atomic E-state index is -0.0842. The minimum absolute atomic E-state index is 0.0842. The SMILES string of the molecule is CC.CC.CCC1CCCCO1.CCCc1cc(C)ccc1C(C)=O.Cc1ccc(N2CCC(C)C2)c(F)c1. The number of ether oxygens (including phenoxy) is 1. The van der Waals surface area contributed by atoms with Gasteiger partial charge in [-0.1, -0.05) is 84.7 Å². The van der Waals surface area contributed by atoms with Crippen molar-refractivity contribution in [2.75, 3.05) is 24.6 Å². The van der Waals surface area contributed by atoms with E-state index in [4.69, 9.17) is 4.74 Å². The predicted octanol–water partition coefficient (Wildman–Crippen LogP) is 10.1. The number of nitrogens with zero attached hydrogens (tertiary/aromatic N) is 1. The summed E-state index contributed by atoms with van der Waals surface area (Å²) in [5.41, 5.74) is 5.05. The molecule has 0 radical (unpaired) electrons. The average Bonchev–Trinajstić information content (AvgIpc) is 3.38. The van der Waals surface area contributed by atoms with Crippen molar-refractivity contribution < 1.29 is 13.9 Å². The number of hydrogen-bond donors (Lipinski definition) is 0. The van der Waals surface area contributed by atoms with Gasteiger partial charge in [0.15, 0.2) is 5.78 Å². The van der Waals surface area contributed by atoms with Gasteiger partial charge in [-0.15, -0.1) is 0 Å². The molecule has 2 aliphatic rings. The number of carbonyl (C=O) groups is 1. The highest BCUT2D eigenvalue weighted by molar-refractivity contribution is 5.95. The van der Waals surface area contributed by atoms with Crippen molar-refractivity contribution in [3.63, 3.8) is 0 Å². The van der Waals surface area contributed by atoms with Crippen molar-refractivity contribution in [3.05, 3.63) is 64.5 Å². The van der Waals surface area contributed by atoms with E-state index in [-0.39, 0.29) is 11.6 Å². The molecule has 2 unspecified atom stereocenters. The molecule has 2 atom stereocenters. The van der Waals surface area contributed by atoms with Crippen LogP contribution in [0.1, 0.15) is 121 Å². The first-order valence-corrected chi connectivity index (χ1v) is 15.5. The van der Waals surface area contributed by atoms with E-state index in [9.17, 15) is 9.18 Å². The normalized spacial score (nSPS) is 17.7. The van der Waals surface area contributed by atoms with Crippen molar-refractivity contribution in [2.24, 2.45) is 5.92 Å². The molecule has 222 valence electrons. The van der Waals surface area contributed by atoms with Crippen LogP contribution < -0.4 is 4.90 Å². The van der Waals surface area contributed by atoms with Crippen LogP contribution in [0.5, 0.6) is 0 Å². The van der Waals surface area contributed by atoms with Crippen LogP contribution in [0.25, 0.3) is 0 Å². The Labute approximate surface area is 240 Å². The van der Waals surface area contributed by atoms with E-state index in [1.165, 1.54) is 43.2 Å². The molecule has 39 heavy (non-hydrogen) atoms. The number of ketones is 1. The van der Waals surface area contributed by atoms with Crippen LogP contribution >= 0.6 is 0 Å². The van der Waals surface area contributed by atoms with E-state index in [2.05, 4.69) is 38.7 Å². The van der Waals surface area contributed by atoms with Crippen molar-refractivity contribution in [1.82, 2.24) is 0 Å². The second kappa shape index (κ2) is 21.6. The van der Waals surface area contributed by atoms with E-state index < -0.39 is 0 Å². The molecule has 0 amide bonds. The molecule has 0 aliphatic carbocycles. The summed E-state index contributed by atoms with van der Waals surface area (Å²) in [5, 5.41) is 0. The first-order chi connectivity index (χ1) is 18.7. The highest BCUT2D eigenvalue weighted by Gasteiger charge is 2.21. The number of hydrogen-bond acceptors (Lipinski definition) is 3. The van der Waals surface area contributed by atoms with Crippen LogP contribution in [0, 0.1) is 25.6 Å². The maximum atomic E-state index is 13.6. The van der Waals surface area contributed by atoms with Crippen molar-refractivity contribution in [3.8, 4) is 0 Å². The second-order valence-corrected chi connectivity index (χ2v) is 10.2. The first-order valence-electron chi connectivity index (χ1n) is 15.5. The zero-order valence-corrected chi connectivity index (χ0v) is 26.8. The lowest BCUT2D eigenvalue weighted by Crippen LogP contribution is -2.20. The molecule has 4 heteroatoms. The standard InChI is InChI=1S/C12H16FN.C12H16O.C7H14O.2C2H6/c1-9-3-4-12(11(13)7-9)14-6-5-10(2)8-14;1-4-5-11-8-9(2)6-7-12(11)10(3)13;1-2-7-5-3-4-6-8-7;2*1-2/h3-4,7,10H,5-6,8H2,1-2H3;6-8H,4-5H2,1-3H3;7H,2-6H2,1H3;2*1-2H3. The topological polar surface area (TPSA) is 29.5 Å². The number of halogens is 1. The quantitative estimate of drug-likeness (QED) is 0.351. The third-order valence-electron chi connectivity index (χ3n) is 6.76. The fourth-order valence-electron chi connectivity index (χ4n) is 4.69. The lowest BCUT2D eigenvalue weighted by molar-refractivity contribution is 0.0143. The van der Waals surface area contributed by atoms with Crippen LogP contribution in [0.4, 0.5) is 10.1 Å². The van der Waals surface area contributed by atoms with Gasteiger partial charge in [-0.05, 0) is 88.5 Å². The molecule has 2 fully saturated rings. The number of benzene rings is 2. The molecule has 2 heterocycles. The van der Waals surface area contributed by atoms with Gasteiger partial charge in [-0.25, -0.2) is 4.39 Å². The lowest BCUT2D eigenvalue weighted by atomic mass is 9.98. The fourth-order valence-corrected chi connectivity index (χ4v) is 4.69. The molecule has 0 spiro atoms. The molecule has 0 saturated carbocycles. The van der Waals surface area contributed by atoms with Crippen LogP contribution in [-0.4, -0.2) is 31.6 Å². The van der Waals surface area contributed by atoms with E-state index in [0.29, 0.717) is 12.0 Å². The molecule has 4 rings (SSSR count). The van der Waals surface area contributed by atoms with Gasteiger partial charge >= 0.3 is 0 Å². The summed E-state index contributed by atoms with van der Waals surface area (Å²) in [7, 11) is 0. The smallest absolute Gasteiger partial charge is 0.160 e. The zero-order chi connectivity index (χ0) is 29.8. The Bertz CT molecular complexity index is 921. The molecule has 0 bridgehead atoms. The first kappa shape index (κ1) is 36.8. The monoisotopic (exact) mass is 543 g/mol. The Kier molecular flexibility index (Phi) is 20.4. The molecular weight excluding hydrogens is 485 g/mol. The summed E-state index contributed by atoms with van der Waals surface area (Å²) in [6, 6.07) is 11.5. The summed E-state index contributed by atoms with van der Waals surface area (Å²) >= 11 is 0. The summed E-state index contributed by atoms with van der Waals surface area (Å²) in [5.74, 6) is 0.776. The van der Waals surface area contributed by atoms with E-state index in [0.717, 1.165) is 49.4 Å². The van der Waals surface area contributed by atoms with Gasteiger partial charge in [0.1, 0.15) is 5.82 Å². The van der Waals surface area contributed by atoms with Gasteiger partial charge in [0, 0.05) is 25.3 Å². The van der Waals surface area contributed by atoms with Gasteiger partial charge < -0.3 is 9.64 Å². The van der Waals surface area contributed by atoms with Crippen LogP contribution in [0.15, 0.2) is 36.4 Å². The number of aryl methyl sites for hydroxylation is 3.